The number of likely N-dealkylation sites (N-methyl/N-ethyl adjacent to an activating group) is 1. The Morgan fingerprint density at radius 2 is 2.14 bits per heavy atom. The highest BCUT2D eigenvalue weighted by atomic mass is 15.3. The van der Waals surface area contributed by atoms with Crippen LogP contribution in [0, 0.1) is 6.92 Å². The number of anilines is 1. The van der Waals surface area contributed by atoms with Gasteiger partial charge in [0.15, 0.2) is 0 Å². The van der Waals surface area contributed by atoms with Crippen LogP contribution >= 0.6 is 0 Å². The minimum atomic E-state index is 0.506. The molecule has 0 aliphatic carbocycles. The fraction of sp³-hybridized carbons (Fsp3) is 0.706. The third-order valence-electron chi connectivity index (χ3n) is 4.14. The summed E-state index contributed by atoms with van der Waals surface area (Å²) in [6.45, 7) is 13.1. The number of rotatable bonds is 4. The van der Waals surface area contributed by atoms with Gasteiger partial charge in [0.2, 0.25) is 0 Å². The van der Waals surface area contributed by atoms with Crippen molar-refractivity contribution in [3.63, 3.8) is 0 Å². The number of hydrogen-bond donors (Lipinski definition) is 1. The standard InChI is InChI=1S/C17H30N4/c1-13(2)18-10-16-9-14(3)17(19-11-16)21-8-6-7-20(5)12-15(21)4/h9,11,13,15,18H,6-8,10,12H2,1-5H3. The molecule has 4 heteroatoms. The summed E-state index contributed by atoms with van der Waals surface area (Å²) < 4.78 is 0. The van der Waals surface area contributed by atoms with Crippen molar-refractivity contribution in [3.05, 3.63) is 23.4 Å². The van der Waals surface area contributed by atoms with Crippen LogP contribution in [0.4, 0.5) is 5.82 Å². The number of hydrogen-bond acceptors (Lipinski definition) is 4. The fourth-order valence-electron chi connectivity index (χ4n) is 3.03. The molecule has 1 atom stereocenters. The molecule has 1 N–H and O–H groups in total. The predicted octanol–water partition coefficient (Wildman–Crippen LogP) is 2.42. The Labute approximate surface area is 129 Å². The highest BCUT2D eigenvalue weighted by Crippen LogP contribution is 2.22. The van der Waals surface area contributed by atoms with E-state index in [9.17, 15) is 0 Å². The molecule has 1 aromatic rings. The molecule has 0 amide bonds. The van der Waals surface area contributed by atoms with Crippen LogP contribution in [-0.2, 0) is 6.54 Å². The monoisotopic (exact) mass is 290 g/mol. The first-order valence-electron chi connectivity index (χ1n) is 8.11. The maximum Gasteiger partial charge on any atom is 0.131 e. The van der Waals surface area contributed by atoms with Gasteiger partial charge < -0.3 is 15.1 Å². The molecule has 4 nitrogen and oxygen atoms in total. The van der Waals surface area contributed by atoms with Crippen molar-refractivity contribution >= 4 is 5.82 Å². The van der Waals surface area contributed by atoms with Crippen molar-refractivity contribution in [2.24, 2.45) is 0 Å². The molecule has 1 fully saturated rings. The van der Waals surface area contributed by atoms with Crippen LogP contribution in [-0.4, -0.2) is 48.6 Å². The van der Waals surface area contributed by atoms with Crippen molar-refractivity contribution in [3.8, 4) is 0 Å². The van der Waals surface area contributed by atoms with Crippen LogP contribution < -0.4 is 10.2 Å². The lowest BCUT2D eigenvalue weighted by Crippen LogP contribution is -2.38. The number of aryl methyl sites for hydroxylation is 1. The van der Waals surface area contributed by atoms with Crippen molar-refractivity contribution in [1.82, 2.24) is 15.2 Å². The second-order valence-electron chi connectivity index (χ2n) is 6.68. The molecule has 1 aliphatic rings. The molecule has 0 saturated carbocycles. The van der Waals surface area contributed by atoms with E-state index in [1.165, 1.54) is 24.1 Å². The molecule has 2 heterocycles. The number of pyridine rings is 1. The molecule has 0 radical (unpaired) electrons. The highest BCUT2D eigenvalue weighted by Gasteiger charge is 2.22. The summed E-state index contributed by atoms with van der Waals surface area (Å²) >= 11 is 0. The molecule has 2 rings (SSSR count). The lowest BCUT2D eigenvalue weighted by atomic mass is 10.1. The van der Waals surface area contributed by atoms with Gasteiger partial charge >= 0.3 is 0 Å². The maximum atomic E-state index is 4.76. The molecule has 0 spiro atoms. The first-order valence-corrected chi connectivity index (χ1v) is 8.11. The van der Waals surface area contributed by atoms with E-state index in [-0.39, 0.29) is 0 Å². The van der Waals surface area contributed by atoms with E-state index in [0.717, 1.165) is 25.5 Å². The van der Waals surface area contributed by atoms with Crippen molar-refractivity contribution in [1.29, 1.82) is 0 Å². The zero-order chi connectivity index (χ0) is 15.4. The van der Waals surface area contributed by atoms with E-state index in [1.54, 1.807) is 0 Å². The second-order valence-corrected chi connectivity index (χ2v) is 6.68. The topological polar surface area (TPSA) is 31.4 Å². The normalized spacial score (nSPS) is 20.9. The largest absolute Gasteiger partial charge is 0.352 e. The van der Waals surface area contributed by atoms with Crippen molar-refractivity contribution < 1.29 is 0 Å². The average molecular weight is 290 g/mol. The van der Waals surface area contributed by atoms with Gasteiger partial charge in [-0.2, -0.15) is 0 Å². The van der Waals surface area contributed by atoms with Gasteiger partial charge in [-0.25, -0.2) is 4.98 Å². The van der Waals surface area contributed by atoms with Gasteiger partial charge in [-0.15, -0.1) is 0 Å². The Bertz CT molecular complexity index is 458. The van der Waals surface area contributed by atoms with E-state index in [2.05, 4.69) is 55.9 Å². The van der Waals surface area contributed by atoms with Crippen LogP contribution in [0.25, 0.3) is 0 Å². The quantitative estimate of drug-likeness (QED) is 0.923. The minimum Gasteiger partial charge on any atom is -0.352 e. The lowest BCUT2D eigenvalue weighted by Gasteiger charge is -2.30. The Hall–Kier alpha value is -1.13. The van der Waals surface area contributed by atoms with Gasteiger partial charge in [0.1, 0.15) is 5.82 Å². The van der Waals surface area contributed by atoms with Gasteiger partial charge in [-0.1, -0.05) is 13.8 Å². The third kappa shape index (κ3) is 4.42. The molecular weight excluding hydrogens is 260 g/mol. The smallest absolute Gasteiger partial charge is 0.131 e. The van der Waals surface area contributed by atoms with E-state index in [1.807, 2.05) is 6.20 Å². The average Bonchev–Trinajstić information content (AvgIpc) is 2.57. The van der Waals surface area contributed by atoms with Gasteiger partial charge in [-0.05, 0) is 51.1 Å². The van der Waals surface area contributed by atoms with Gasteiger partial charge in [-0.3, -0.25) is 0 Å². The zero-order valence-corrected chi connectivity index (χ0v) is 14.2. The fourth-order valence-corrected chi connectivity index (χ4v) is 3.03. The van der Waals surface area contributed by atoms with E-state index in [4.69, 9.17) is 4.98 Å². The zero-order valence-electron chi connectivity index (χ0n) is 14.2. The van der Waals surface area contributed by atoms with Crippen LogP contribution in [0.2, 0.25) is 0 Å². The first-order chi connectivity index (χ1) is 9.97. The lowest BCUT2D eigenvalue weighted by molar-refractivity contribution is 0.337. The van der Waals surface area contributed by atoms with Crippen LogP contribution in [0.5, 0.6) is 0 Å². The molecule has 1 aromatic heterocycles. The first kappa shape index (κ1) is 16.2. The number of nitrogens with one attached hydrogen (secondary N) is 1. The van der Waals surface area contributed by atoms with E-state index < -0.39 is 0 Å². The van der Waals surface area contributed by atoms with Gasteiger partial charge in [0.05, 0.1) is 0 Å². The van der Waals surface area contributed by atoms with Crippen molar-refractivity contribution in [2.45, 2.75) is 52.7 Å². The molecule has 0 bridgehead atoms. The summed E-state index contributed by atoms with van der Waals surface area (Å²) in [6.07, 6.45) is 3.23. The third-order valence-corrected chi connectivity index (χ3v) is 4.14. The number of aromatic nitrogens is 1. The maximum absolute atomic E-state index is 4.76. The Kier molecular flexibility index (Phi) is 5.59. The van der Waals surface area contributed by atoms with Crippen LogP contribution in [0.1, 0.15) is 38.3 Å². The minimum absolute atomic E-state index is 0.506. The molecule has 1 aliphatic heterocycles. The number of nitrogens with zero attached hydrogens (tertiary/aromatic N) is 3. The summed E-state index contributed by atoms with van der Waals surface area (Å²) in [6, 6.07) is 3.30. The van der Waals surface area contributed by atoms with Crippen LogP contribution in [0.15, 0.2) is 12.3 Å². The Morgan fingerprint density at radius 1 is 1.38 bits per heavy atom. The summed E-state index contributed by atoms with van der Waals surface area (Å²) in [5, 5.41) is 3.45. The molecule has 1 saturated heterocycles. The molecule has 1 unspecified atom stereocenters. The van der Waals surface area contributed by atoms with Crippen molar-refractivity contribution in [2.75, 3.05) is 31.6 Å². The Balaban J connectivity index is 2.12. The predicted molar refractivity (Wildman–Crippen MR) is 89.9 cm³/mol. The summed E-state index contributed by atoms with van der Waals surface area (Å²) in [4.78, 5) is 9.65. The van der Waals surface area contributed by atoms with Gasteiger partial charge in [0, 0.05) is 37.9 Å². The molecule has 118 valence electrons. The van der Waals surface area contributed by atoms with E-state index in [0.29, 0.717) is 12.1 Å². The molecule has 0 aromatic carbocycles. The SMILES string of the molecule is Cc1cc(CNC(C)C)cnc1N1CCCN(C)CC1C. The second kappa shape index (κ2) is 7.23. The molecular formula is C17H30N4. The highest BCUT2D eigenvalue weighted by molar-refractivity contribution is 5.48. The summed E-state index contributed by atoms with van der Waals surface area (Å²) in [5.74, 6) is 1.16. The van der Waals surface area contributed by atoms with E-state index >= 15 is 0 Å². The molecule has 21 heavy (non-hydrogen) atoms. The summed E-state index contributed by atoms with van der Waals surface area (Å²) in [7, 11) is 2.21. The van der Waals surface area contributed by atoms with Crippen LogP contribution in [0.3, 0.4) is 0 Å². The Morgan fingerprint density at radius 3 is 2.81 bits per heavy atom. The van der Waals surface area contributed by atoms with Gasteiger partial charge in [0.25, 0.3) is 0 Å². The summed E-state index contributed by atoms with van der Waals surface area (Å²) in [5.41, 5.74) is 2.55.